The third kappa shape index (κ3) is 5.40. The van der Waals surface area contributed by atoms with Gasteiger partial charge in [0.25, 0.3) is 0 Å². The van der Waals surface area contributed by atoms with Crippen molar-refractivity contribution >= 4 is 39.0 Å². The first-order valence-electron chi connectivity index (χ1n) is 11.4. The van der Waals surface area contributed by atoms with E-state index < -0.39 is 64.7 Å². The number of carboxylic acids is 1. The summed E-state index contributed by atoms with van der Waals surface area (Å²) < 4.78 is 47.8. The van der Waals surface area contributed by atoms with E-state index in [9.17, 15) is 42.8 Å². The molecule has 1 heterocycles. The van der Waals surface area contributed by atoms with Crippen LogP contribution < -0.4 is 0 Å². The summed E-state index contributed by atoms with van der Waals surface area (Å²) >= 11 is 0. The van der Waals surface area contributed by atoms with Gasteiger partial charge in [0, 0.05) is 6.26 Å². The fourth-order valence-corrected chi connectivity index (χ4v) is 5.05. The van der Waals surface area contributed by atoms with E-state index in [1.165, 1.54) is 24.3 Å². The average molecular weight is 549 g/mol. The Bertz CT molecular complexity index is 1440. The van der Waals surface area contributed by atoms with E-state index >= 15 is 0 Å². The summed E-state index contributed by atoms with van der Waals surface area (Å²) in [5, 5.41) is 39.0. The molecular weight excluding hydrogens is 523 g/mol. The molecule has 0 aromatic heterocycles. The van der Waals surface area contributed by atoms with Gasteiger partial charge in [-0.1, -0.05) is 18.2 Å². The highest BCUT2D eigenvalue weighted by molar-refractivity contribution is 7.90. The molecule has 5 atom stereocenters. The van der Waals surface area contributed by atoms with Gasteiger partial charge in [0.2, 0.25) is 6.29 Å². The van der Waals surface area contributed by atoms with E-state index in [1.807, 2.05) is 0 Å². The maximum atomic E-state index is 14.2. The van der Waals surface area contributed by atoms with Crippen LogP contribution in [0.15, 0.2) is 52.9 Å². The van der Waals surface area contributed by atoms with Crippen molar-refractivity contribution in [1.29, 1.82) is 0 Å². The molecule has 1 aliphatic carbocycles. The van der Waals surface area contributed by atoms with Crippen LogP contribution >= 0.6 is 0 Å². The lowest BCUT2D eigenvalue weighted by atomic mass is 9.99. The predicted octanol–water partition coefficient (Wildman–Crippen LogP) is 1.38. The minimum absolute atomic E-state index is 0.152. The molecule has 1 aliphatic heterocycles. The third-order valence-electron chi connectivity index (χ3n) is 6.45. The topological polar surface area (TPSA) is 168 Å². The molecule has 4 rings (SSSR count). The number of halogens is 1. The van der Waals surface area contributed by atoms with Crippen LogP contribution in [0, 0.1) is 5.82 Å². The van der Waals surface area contributed by atoms with E-state index in [1.54, 1.807) is 31.2 Å². The summed E-state index contributed by atoms with van der Waals surface area (Å²) in [5.74, 6) is -3.12. The zero-order valence-electron chi connectivity index (χ0n) is 20.2. The highest BCUT2D eigenvalue weighted by Gasteiger charge is 2.48. The number of esters is 1. The number of hydrogen-bond donors (Lipinski definition) is 4. The average Bonchev–Trinajstić information content (AvgIpc) is 3.09. The van der Waals surface area contributed by atoms with Gasteiger partial charge in [-0.05, 0) is 70.7 Å². The van der Waals surface area contributed by atoms with Crippen molar-refractivity contribution in [2.45, 2.75) is 48.9 Å². The van der Waals surface area contributed by atoms with Gasteiger partial charge in [-0.2, -0.15) is 0 Å². The molecule has 10 nitrogen and oxygen atoms in total. The van der Waals surface area contributed by atoms with Crippen LogP contribution in [0.25, 0.3) is 17.2 Å². The minimum Gasteiger partial charge on any atom is -0.479 e. The number of carboxylic acid groups (broad SMARTS) is 1. The van der Waals surface area contributed by atoms with Gasteiger partial charge in [-0.15, -0.1) is 0 Å². The lowest BCUT2D eigenvalue weighted by Crippen LogP contribution is -2.60. The second-order valence-electron chi connectivity index (χ2n) is 9.09. The number of fused-ring (bicyclic) bond motifs is 1. The number of sulfone groups is 1. The minimum atomic E-state index is -3.38. The molecule has 0 radical (unpaired) electrons. The summed E-state index contributed by atoms with van der Waals surface area (Å²) in [5.41, 5.74) is 3.38. The Morgan fingerprint density at radius 1 is 1.03 bits per heavy atom. The van der Waals surface area contributed by atoms with Crippen molar-refractivity contribution in [3.8, 4) is 0 Å². The molecule has 2 aromatic rings. The Labute approximate surface area is 217 Å². The number of hydrogen-bond acceptors (Lipinski definition) is 9. The summed E-state index contributed by atoms with van der Waals surface area (Å²) in [6.45, 7) is 1.71. The molecule has 202 valence electrons. The Hall–Kier alpha value is -3.42. The smallest absolute Gasteiger partial charge is 0.335 e. The van der Waals surface area contributed by atoms with Crippen molar-refractivity contribution in [2.24, 2.45) is 0 Å². The molecule has 12 heteroatoms. The van der Waals surface area contributed by atoms with Gasteiger partial charge in [-0.25, -0.2) is 17.6 Å². The van der Waals surface area contributed by atoms with Crippen molar-refractivity contribution in [2.75, 3.05) is 6.26 Å². The van der Waals surface area contributed by atoms with Crippen LogP contribution in [0.3, 0.4) is 0 Å². The first-order chi connectivity index (χ1) is 17.8. The van der Waals surface area contributed by atoms with E-state index in [0.29, 0.717) is 33.4 Å². The van der Waals surface area contributed by atoms with Crippen LogP contribution in [0.5, 0.6) is 0 Å². The molecule has 1 saturated heterocycles. The molecule has 1 fully saturated rings. The molecule has 4 N–H and O–H groups in total. The van der Waals surface area contributed by atoms with Crippen LogP contribution in [0.4, 0.5) is 4.39 Å². The maximum Gasteiger partial charge on any atom is 0.335 e. The van der Waals surface area contributed by atoms with Gasteiger partial charge < -0.3 is 29.9 Å². The first-order valence-corrected chi connectivity index (χ1v) is 13.3. The Morgan fingerprint density at radius 3 is 2.29 bits per heavy atom. The molecule has 5 unspecified atom stereocenters. The number of rotatable bonds is 6. The summed E-state index contributed by atoms with van der Waals surface area (Å²) in [7, 11) is -3.38. The fourth-order valence-electron chi connectivity index (χ4n) is 4.42. The largest absolute Gasteiger partial charge is 0.479 e. The molecule has 38 heavy (non-hydrogen) atoms. The normalized spacial score (nSPS) is 26.4. The molecule has 0 bridgehead atoms. The fraction of sp³-hybridized carbons (Fsp3) is 0.308. The van der Waals surface area contributed by atoms with E-state index in [0.717, 1.165) is 6.26 Å². The SMILES string of the molecule is CC1=C(CC(=O)OC2OC(C(=O)O)C(O)C(O)C2O)c2cc(F)ccc2C1=Cc1ccc(S(C)(=O)=O)cc1. The zero-order chi connectivity index (χ0) is 27.9. The Balaban J connectivity index is 1.62. The van der Waals surface area contributed by atoms with Crippen LogP contribution in [-0.2, 0) is 28.9 Å². The molecule has 2 aliphatic rings. The van der Waals surface area contributed by atoms with Crippen molar-refractivity contribution in [3.63, 3.8) is 0 Å². The molecule has 0 saturated carbocycles. The van der Waals surface area contributed by atoms with E-state index in [-0.39, 0.29) is 4.90 Å². The van der Waals surface area contributed by atoms with Gasteiger partial charge >= 0.3 is 11.9 Å². The Morgan fingerprint density at radius 2 is 1.68 bits per heavy atom. The number of ether oxygens (including phenoxy) is 2. The summed E-state index contributed by atoms with van der Waals surface area (Å²) in [4.78, 5) is 24.3. The molecule has 0 amide bonds. The lowest BCUT2D eigenvalue weighted by Gasteiger charge is -2.38. The van der Waals surface area contributed by atoms with Gasteiger partial charge in [0.1, 0.15) is 24.1 Å². The van der Waals surface area contributed by atoms with Crippen molar-refractivity contribution < 1.29 is 52.3 Å². The van der Waals surface area contributed by atoms with Crippen molar-refractivity contribution in [3.05, 3.63) is 70.5 Å². The number of carbonyl (C=O) groups is 2. The lowest BCUT2D eigenvalue weighted by molar-refractivity contribution is -0.286. The number of aliphatic hydroxyl groups excluding tert-OH is 3. The number of allylic oxidation sites excluding steroid dienone is 2. The second kappa shape index (κ2) is 10.4. The van der Waals surface area contributed by atoms with Crippen LogP contribution in [0.2, 0.25) is 0 Å². The molecule has 2 aromatic carbocycles. The Kier molecular flexibility index (Phi) is 7.55. The predicted molar refractivity (Wildman–Crippen MR) is 131 cm³/mol. The van der Waals surface area contributed by atoms with Crippen molar-refractivity contribution in [1.82, 2.24) is 0 Å². The number of benzene rings is 2. The quantitative estimate of drug-likeness (QED) is 0.387. The first kappa shape index (κ1) is 27.6. The molecular formula is C26H25FO10S. The van der Waals surface area contributed by atoms with Crippen LogP contribution in [-0.4, -0.2) is 77.7 Å². The monoisotopic (exact) mass is 548 g/mol. The maximum absolute atomic E-state index is 14.2. The summed E-state index contributed by atoms with van der Waals surface area (Å²) in [6.07, 6.45) is -7.12. The zero-order valence-corrected chi connectivity index (χ0v) is 21.1. The van der Waals surface area contributed by atoms with Gasteiger partial charge in [0.05, 0.1) is 11.3 Å². The number of aliphatic carboxylic acids is 1. The van der Waals surface area contributed by atoms with E-state index in [4.69, 9.17) is 9.47 Å². The third-order valence-corrected chi connectivity index (χ3v) is 7.58. The number of aliphatic hydroxyl groups is 3. The van der Waals surface area contributed by atoms with Gasteiger partial charge in [-0.3, -0.25) is 4.79 Å². The number of carbonyl (C=O) groups excluding carboxylic acids is 1. The second-order valence-corrected chi connectivity index (χ2v) is 11.1. The van der Waals surface area contributed by atoms with Crippen LogP contribution in [0.1, 0.15) is 30.0 Å². The van der Waals surface area contributed by atoms with E-state index in [2.05, 4.69) is 0 Å². The highest BCUT2D eigenvalue weighted by Crippen LogP contribution is 2.44. The molecule has 0 spiro atoms. The standard InChI is InChI=1S/C26H25FO10S/c1-12-17(9-13-3-6-15(7-4-13)38(2,34)35)16-8-5-14(27)10-19(16)18(12)11-20(28)36-26-23(31)21(29)22(30)24(37-26)25(32)33/h3-10,21-24,26,29-31H,11H2,1-2H3,(H,32,33). The highest BCUT2D eigenvalue weighted by atomic mass is 32.2. The van der Waals surface area contributed by atoms with Gasteiger partial charge in [0.15, 0.2) is 15.9 Å². The summed E-state index contributed by atoms with van der Waals surface area (Å²) in [6, 6.07) is 10.2.